The Bertz CT molecular complexity index is 411. The van der Waals surface area contributed by atoms with Gasteiger partial charge < -0.3 is 4.74 Å². The highest BCUT2D eigenvalue weighted by Gasteiger charge is 2.02. The molecule has 0 unspecified atom stereocenters. The number of rotatable bonds is 26. The molecule has 0 spiro atoms. The zero-order chi connectivity index (χ0) is 23.5. The fourth-order valence-electron chi connectivity index (χ4n) is 4.15. The summed E-state index contributed by atoms with van der Waals surface area (Å²) in [5.74, 6) is -0.00185. The van der Waals surface area contributed by atoms with Gasteiger partial charge in [0.05, 0.1) is 6.61 Å². The first-order chi connectivity index (χ1) is 15.7. The number of carbonyl (C=O) groups is 2. The monoisotopic (exact) mass is 469 g/mol. The number of ether oxygens (including phenoxy) is 1. The molecule has 4 heteroatoms. The fraction of sp³-hybridized carbons (Fsp3) is 0.929. The van der Waals surface area contributed by atoms with E-state index in [1.807, 2.05) is 0 Å². The maximum absolute atomic E-state index is 11.8. The lowest BCUT2D eigenvalue weighted by atomic mass is 10.1. The van der Waals surface area contributed by atoms with Crippen LogP contribution in [-0.2, 0) is 14.3 Å². The number of hydrogen-bond donors (Lipinski definition) is 0. The van der Waals surface area contributed by atoms with Crippen LogP contribution in [0, 0.1) is 0 Å². The second-order valence-corrected chi connectivity index (χ2v) is 9.97. The van der Waals surface area contributed by atoms with Crippen LogP contribution in [0.4, 0.5) is 0 Å². The molecule has 0 heterocycles. The molecule has 0 aromatic heterocycles. The Morgan fingerprint density at radius 3 is 1.25 bits per heavy atom. The molecule has 0 aromatic rings. The molecule has 32 heavy (non-hydrogen) atoms. The molecular weight excluding hydrogens is 416 g/mol. The molecule has 0 amide bonds. The van der Waals surface area contributed by atoms with Gasteiger partial charge in [0.2, 0.25) is 5.12 Å². The molecule has 0 aliphatic heterocycles. The van der Waals surface area contributed by atoms with Crippen molar-refractivity contribution >= 4 is 23.7 Å². The Hall–Kier alpha value is -0.640. The number of esters is 1. The summed E-state index contributed by atoms with van der Waals surface area (Å²) >= 11 is 4.56. The van der Waals surface area contributed by atoms with Gasteiger partial charge in [0.25, 0.3) is 0 Å². The summed E-state index contributed by atoms with van der Waals surface area (Å²) < 4.78 is 5.37. The van der Waals surface area contributed by atoms with Crippen molar-refractivity contribution in [3.63, 3.8) is 0 Å². The van der Waals surface area contributed by atoms with Gasteiger partial charge in [-0.3, -0.25) is 9.59 Å². The van der Waals surface area contributed by atoms with Crippen LogP contribution in [0.1, 0.15) is 161 Å². The molecule has 0 aliphatic rings. The van der Waals surface area contributed by atoms with Crippen molar-refractivity contribution in [2.45, 2.75) is 161 Å². The second kappa shape index (κ2) is 26.6. The molecule has 189 valence electrons. The zero-order valence-electron chi connectivity index (χ0n) is 21.3. The van der Waals surface area contributed by atoms with Crippen LogP contribution >= 0.6 is 12.6 Å². The lowest BCUT2D eigenvalue weighted by molar-refractivity contribution is -0.143. The van der Waals surface area contributed by atoms with Gasteiger partial charge in [-0.15, -0.1) is 0 Å². The van der Waals surface area contributed by atoms with Crippen LogP contribution in [0.5, 0.6) is 0 Å². The Morgan fingerprint density at radius 2 is 0.844 bits per heavy atom. The fourth-order valence-corrected chi connectivity index (χ4v) is 4.30. The lowest BCUT2D eigenvalue weighted by Gasteiger charge is -2.06. The average Bonchev–Trinajstić information content (AvgIpc) is 2.77. The molecule has 1 radical (unpaired) electrons. The summed E-state index contributed by atoms with van der Waals surface area (Å²) in [6, 6.07) is 0. The molecule has 0 fully saturated rings. The minimum Gasteiger partial charge on any atom is -0.466 e. The maximum Gasteiger partial charge on any atom is 0.305 e. The quantitative estimate of drug-likeness (QED) is 0.0935. The van der Waals surface area contributed by atoms with Gasteiger partial charge in [-0.1, -0.05) is 129 Å². The van der Waals surface area contributed by atoms with Gasteiger partial charge in [-0.2, -0.15) is 0 Å². The summed E-state index contributed by atoms with van der Waals surface area (Å²) in [6.07, 6.45) is 28.8. The predicted octanol–water partition coefficient (Wildman–Crippen LogP) is 9.64. The van der Waals surface area contributed by atoms with Crippen molar-refractivity contribution in [3.05, 3.63) is 0 Å². The van der Waals surface area contributed by atoms with Crippen LogP contribution in [-0.4, -0.2) is 17.7 Å². The van der Waals surface area contributed by atoms with E-state index in [-0.39, 0.29) is 11.1 Å². The molecule has 0 bridgehead atoms. The Kier molecular flexibility index (Phi) is 26.1. The summed E-state index contributed by atoms with van der Waals surface area (Å²) in [5.41, 5.74) is 0. The standard InChI is InChI=1S/C28H53O3S/c1-2-3-4-5-6-7-9-12-15-18-21-24-27(29)31-26-23-20-17-14-11-8-10-13-16-19-22-25-28(30)32/h2-26H2,1H3. The summed E-state index contributed by atoms with van der Waals surface area (Å²) in [6.45, 7) is 2.87. The van der Waals surface area contributed by atoms with E-state index in [0.29, 0.717) is 19.4 Å². The SMILES string of the molecule is CCCCCCCCCCCCCC(=O)OCCCCCCCCCCCCCC(=O)[S]. The number of hydrogen-bond acceptors (Lipinski definition) is 3. The topological polar surface area (TPSA) is 43.4 Å². The largest absolute Gasteiger partial charge is 0.466 e. The molecule has 0 rings (SSSR count). The Balaban J connectivity index is 3.15. The molecule has 0 saturated carbocycles. The molecule has 0 atom stereocenters. The highest BCUT2D eigenvalue weighted by atomic mass is 32.1. The predicted molar refractivity (Wildman–Crippen MR) is 140 cm³/mol. The van der Waals surface area contributed by atoms with Crippen molar-refractivity contribution < 1.29 is 14.3 Å². The van der Waals surface area contributed by atoms with Gasteiger partial charge in [0, 0.05) is 12.8 Å². The maximum atomic E-state index is 11.8. The van der Waals surface area contributed by atoms with E-state index in [9.17, 15) is 9.59 Å². The summed E-state index contributed by atoms with van der Waals surface area (Å²) in [4.78, 5) is 22.5. The van der Waals surface area contributed by atoms with Crippen LogP contribution in [0.3, 0.4) is 0 Å². The van der Waals surface area contributed by atoms with E-state index in [4.69, 9.17) is 4.74 Å². The molecule has 0 N–H and O–H groups in total. The smallest absolute Gasteiger partial charge is 0.305 e. The van der Waals surface area contributed by atoms with E-state index in [1.54, 1.807) is 0 Å². The molecule has 0 aliphatic carbocycles. The van der Waals surface area contributed by atoms with Crippen molar-refractivity contribution in [2.24, 2.45) is 0 Å². The molecule has 3 nitrogen and oxygen atoms in total. The third-order valence-electron chi connectivity index (χ3n) is 6.27. The normalized spacial score (nSPS) is 11.0. The van der Waals surface area contributed by atoms with Crippen molar-refractivity contribution in [3.8, 4) is 0 Å². The summed E-state index contributed by atoms with van der Waals surface area (Å²) in [5, 5.41) is -0.0934. The third-order valence-corrected chi connectivity index (χ3v) is 6.48. The molecule has 0 saturated heterocycles. The summed E-state index contributed by atoms with van der Waals surface area (Å²) in [7, 11) is 0. The van der Waals surface area contributed by atoms with Gasteiger partial charge in [-0.05, 0) is 31.9 Å². The van der Waals surface area contributed by atoms with Gasteiger partial charge in [-0.25, -0.2) is 0 Å². The molecule has 0 aromatic carbocycles. The van der Waals surface area contributed by atoms with Crippen molar-refractivity contribution in [1.29, 1.82) is 0 Å². The number of unbranched alkanes of at least 4 members (excludes halogenated alkanes) is 20. The zero-order valence-corrected chi connectivity index (χ0v) is 22.1. The first-order valence-electron chi connectivity index (χ1n) is 14.0. The van der Waals surface area contributed by atoms with E-state index >= 15 is 0 Å². The van der Waals surface area contributed by atoms with Crippen LogP contribution in [0.2, 0.25) is 0 Å². The third kappa shape index (κ3) is 27.4. The molecular formula is C28H53O3S. The van der Waals surface area contributed by atoms with Crippen molar-refractivity contribution in [1.82, 2.24) is 0 Å². The first-order valence-corrected chi connectivity index (χ1v) is 14.4. The van der Waals surface area contributed by atoms with Gasteiger partial charge >= 0.3 is 5.97 Å². The minimum atomic E-state index is -0.0934. The van der Waals surface area contributed by atoms with Crippen LogP contribution in [0.25, 0.3) is 0 Å². The Labute approximate surface area is 205 Å². The van der Waals surface area contributed by atoms with E-state index in [1.165, 1.54) is 116 Å². The van der Waals surface area contributed by atoms with Crippen molar-refractivity contribution in [2.75, 3.05) is 6.61 Å². The highest BCUT2D eigenvalue weighted by Crippen LogP contribution is 2.14. The van der Waals surface area contributed by atoms with Gasteiger partial charge in [0.15, 0.2) is 0 Å². The van der Waals surface area contributed by atoms with Gasteiger partial charge in [0.1, 0.15) is 0 Å². The highest BCUT2D eigenvalue weighted by molar-refractivity contribution is 7.96. The van der Waals surface area contributed by atoms with E-state index in [2.05, 4.69) is 19.6 Å². The Morgan fingerprint density at radius 1 is 0.500 bits per heavy atom. The van der Waals surface area contributed by atoms with Crippen LogP contribution < -0.4 is 0 Å². The number of carbonyl (C=O) groups excluding carboxylic acids is 2. The van der Waals surface area contributed by atoms with E-state index < -0.39 is 0 Å². The average molecular weight is 470 g/mol. The minimum absolute atomic E-state index is 0.00185. The lowest BCUT2D eigenvalue weighted by Crippen LogP contribution is -2.05. The first kappa shape index (κ1) is 31.4. The second-order valence-electron chi connectivity index (χ2n) is 9.52. The van der Waals surface area contributed by atoms with E-state index in [0.717, 1.165) is 25.7 Å². The van der Waals surface area contributed by atoms with Crippen LogP contribution in [0.15, 0.2) is 0 Å².